The zero-order valence-corrected chi connectivity index (χ0v) is 7.86. The molecule has 0 saturated heterocycles. The molecule has 60 valence electrons. The summed E-state index contributed by atoms with van der Waals surface area (Å²) in [5, 5.41) is 0.881. The maximum absolute atomic E-state index is 6.06. The number of rotatable bonds is 0. The first kappa shape index (κ1) is 7.94. The first-order valence-electron chi connectivity index (χ1n) is 4.23. The molecule has 0 amide bonds. The fourth-order valence-electron chi connectivity index (χ4n) is 1.69. The molecule has 0 atom stereocenters. The predicted octanol–water partition coefficient (Wildman–Crippen LogP) is 1.56. The van der Waals surface area contributed by atoms with Crippen molar-refractivity contribution in [3.05, 3.63) is 34.4 Å². The summed E-state index contributed by atoms with van der Waals surface area (Å²) < 4.78 is 0. The van der Waals surface area contributed by atoms with E-state index in [4.69, 9.17) is 11.6 Å². The summed E-state index contributed by atoms with van der Waals surface area (Å²) in [6.07, 6.45) is 6.61. The highest BCUT2D eigenvalue weighted by Crippen LogP contribution is 2.24. The second kappa shape index (κ2) is 2.99. The van der Waals surface area contributed by atoms with Crippen LogP contribution < -0.4 is 5.46 Å². The minimum atomic E-state index is 0.881. The average molecular weight is 176 g/mol. The molecule has 0 N–H and O–H groups in total. The third kappa shape index (κ3) is 1.18. The fourth-order valence-corrected chi connectivity index (χ4v) is 1.93. The van der Waals surface area contributed by atoms with E-state index in [1.54, 1.807) is 0 Å². The minimum absolute atomic E-state index is 0.881. The van der Waals surface area contributed by atoms with E-state index in [1.165, 1.54) is 16.6 Å². The van der Waals surface area contributed by atoms with Crippen LogP contribution in [0.4, 0.5) is 0 Å². The molecule has 0 radical (unpaired) electrons. The van der Waals surface area contributed by atoms with Crippen LogP contribution in [-0.4, -0.2) is 7.85 Å². The maximum Gasteiger partial charge on any atom is 0.139 e. The van der Waals surface area contributed by atoms with E-state index < -0.39 is 0 Å². The van der Waals surface area contributed by atoms with Crippen molar-refractivity contribution in [3.63, 3.8) is 0 Å². The molecule has 0 heterocycles. The summed E-state index contributed by atoms with van der Waals surface area (Å²) in [5.41, 5.74) is 4.01. The summed E-state index contributed by atoms with van der Waals surface area (Å²) in [6.45, 7) is 0. The van der Waals surface area contributed by atoms with Gasteiger partial charge in [0.1, 0.15) is 7.85 Å². The Morgan fingerprint density at radius 1 is 1.33 bits per heavy atom. The monoisotopic (exact) mass is 176 g/mol. The van der Waals surface area contributed by atoms with Gasteiger partial charge >= 0.3 is 0 Å². The Hall–Kier alpha value is -0.685. The summed E-state index contributed by atoms with van der Waals surface area (Å²) in [6, 6.07) is 4.08. The van der Waals surface area contributed by atoms with Crippen LogP contribution in [0, 0.1) is 0 Å². The van der Waals surface area contributed by atoms with Crippen LogP contribution in [0.2, 0.25) is 5.02 Å². The summed E-state index contributed by atoms with van der Waals surface area (Å²) in [7, 11) is 2.15. The molecule has 1 aliphatic carbocycles. The Kier molecular flexibility index (Phi) is 1.97. The quantitative estimate of drug-likeness (QED) is 0.526. The highest BCUT2D eigenvalue weighted by Gasteiger charge is 2.09. The maximum atomic E-state index is 6.06. The lowest BCUT2D eigenvalue weighted by Gasteiger charge is -2.14. The van der Waals surface area contributed by atoms with Crippen molar-refractivity contribution in [3.8, 4) is 0 Å². The van der Waals surface area contributed by atoms with Gasteiger partial charge in [-0.3, -0.25) is 0 Å². The van der Waals surface area contributed by atoms with Gasteiger partial charge in [-0.15, -0.1) is 0 Å². The van der Waals surface area contributed by atoms with Gasteiger partial charge in [0.25, 0.3) is 0 Å². The van der Waals surface area contributed by atoms with Gasteiger partial charge in [-0.25, -0.2) is 0 Å². The second-order valence-corrected chi connectivity index (χ2v) is 3.60. The lowest BCUT2D eigenvalue weighted by molar-refractivity contribution is 0.994. The lowest BCUT2D eigenvalue weighted by Crippen LogP contribution is -2.13. The van der Waals surface area contributed by atoms with Gasteiger partial charge in [-0.05, 0) is 30.0 Å². The molecule has 0 fully saturated rings. The van der Waals surface area contributed by atoms with E-state index in [0.717, 1.165) is 17.9 Å². The van der Waals surface area contributed by atoms with E-state index in [0.29, 0.717) is 0 Å². The zero-order valence-electron chi connectivity index (χ0n) is 7.10. The standard InChI is InChI=1S/C10H10BCl/c11-9-5-6-10(12)8-4-2-1-3-7(8)9/h2,4-6H,1,3,11H2. The van der Waals surface area contributed by atoms with Crippen molar-refractivity contribution < 1.29 is 0 Å². The number of hydrogen-bond acceptors (Lipinski definition) is 0. The number of hydrogen-bond donors (Lipinski definition) is 0. The number of benzene rings is 1. The highest BCUT2D eigenvalue weighted by atomic mass is 35.5. The van der Waals surface area contributed by atoms with Crippen molar-refractivity contribution >= 4 is 31.0 Å². The molecule has 1 aromatic rings. The van der Waals surface area contributed by atoms with E-state index >= 15 is 0 Å². The number of allylic oxidation sites excluding steroid dienone is 1. The van der Waals surface area contributed by atoms with Crippen molar-refractivity contribution in [2.45, 2.75) is 12.8 Å². The van der Waals surface area contributed by atoms with Gasteiger partial charge in [0, 0.05) is 5.02 Å². The normalized spacial score (nSPS) is 14.4. The van der Waals surface area contributed by atoms with Gasteiger partial charge in [0.05, 0.1) is 0 Å². The molecule has 0 aliphatic heterocycles. The third-order valence-electron chi connectivity index (χ3n) is 2.38. The van der Waals surface area contributed by atoms with Crippen LogP contribution in [0.1, 0.15) is 17.5 Å². The van der Waals surface area contributed by atoms with E-state index in [2.05, 4.69) is 26.1 Å². The van der Waals surface area contributed by atoms with Crippen LogP contribution in [0.3, 0.4) is 0 Å². The first-order valence-corrected chi connectivity index (χ1v) is 4.61. The molecule has 2 rings (SSSR count). The van der Waals surface area contributed by atoms with Gasteiger partial charge in [0.15, 0.2) is 0 Å². The Morgan fingerprint density at radius 3 is 2.92 bits per heavy atom. The molecular formula is C10H10BCl. The Balaban J connectivity index is 2.67. The fraction of sp³-hybridized carbons (Fsp3) is 0.200. The predicted molar refractivity (Wildman–Crippen MR) is 57.0 cm³/mol. The van der Waals surface area contributed by atoms with Crippen molar-refractivity contribution in [1.82, 2.24) is 0 Å². The van der Waals surface area contributed by atoms with Crippen molar-refractivity contribution in [2.75, 3.05) is 0 Å². The largest absolute Gasteiger partial charge is 0.139 e. The highest BCUT2D eigenvalue weighted by molar-refractivity contribution is 6.36. The lowest BCUT2D eigenvalue weighted by atomic mass is 9.83. The van der Waals surface area contributed by atoms with E-state index in [-0.39, 0.29) is 0 Å². The Labute approximate surface area is 78.7 Å². The second-order valence-electron chi connectivity index (χ2n) is 3.20. The molecule has 0 nitrogen and oxygen atoms in total. The molecule has 2 heteroatoms. The van der Waals surface area contributed by atoms with Crippen LogP contribution in [0.15, 0.2) is 18.2 Å². The topological polar surface area (TPSA) is 0 Å². The molecule has 12 heavy (non-hydrogen) atoms. The van der Waals surface area contributed by atoms with Crippen LogP contribution >= 0.6 is 11.6 Å². The molecular weight excluding hydrogens is 166 g/mol. The smallest absolute Gasteiger partial charge is 0.0851 e. The Morgan fingerprint density at radius 2 is 2.17 bits per heavy atom. The van der Waals surface area contributed by atoms with Crippen LogP contribution in [-0.2, 0) is 6.42 Å². The molecule has 0 bridgehead atoms. The van der Waals surface area contributed by atoms with Gasteiger partial charge in [-0.2, -0.15) is 0 Å². The van der Waals surface area contributed by atoms with E-state index in [1.807, 2.05) is 6.07 Å². The Bertz CT molecular complexity index is 342. The molecule has 1 aromatic carbocycles. The summed E-state index contributed by atoms with van der Waals surface area (Å²) in [5.74, 6) is 0. The minimum Gasteiger partial charge on any atom is -0.0851 e. The molecule has 0 unspecified atom stereocenters. The summed E-state index contributed by atoms with van der Waals surface area (Å²) >= 11 is 6.06. The average Bonchev–Trinajstić information content (AvgIpc) is 2.12. The molecule has 0 spiro atoms. The third-order valence-corrected chi connectivity index (χ3v) is 2.71. The first-order chi connectivity index (χ1) is 5.79. The molecule has 0 saturated carbocycles. The number of halogens is 1. The van der Waals surface area contributed by atoms with E-state index in [9.17, 15) is 0 Å². The van der Waals surface area contributed by atoms with Crippen LogP contribution in [0.25, 0.3) is 6.08 Å². The van der Waals surface area contributed by atoms with Crippen molar-refractivity contribution in [2.24, 2.45) is 0 Å². The van der Waals surface area contributed by atoms with Crippen LogP contribution in [0.5, 0.6) is 0 Å². The molecule has 1 aliphatic rings. The van der Waals surface area contributed by atoms with Gasteiger partial charge < -0.3 is 0 Å². The van der Waals surface area contributed by atoms with Crippen molar-refractivity contribution in [1.29, 1.82) is 0 Å². The van der Waals surface area contributed by atoms with Gasteiger partial charge in [-0.1, -0.05) is 35.3 Å². The zero-order chi connectivity index (χ0) is 8.55. The van der Waals surface area contributed by atoms with Gasteiger partial charge in [0.2, 0.25) is 0 Å². The SMILES string of the molecule is Bc1ccc(Cl)c2c1CCC=C2. The molecule has 0 aromatic heterocycles. The summed E-state index contributed by atoms with van der Waals surface area (Å²) in [4.78, 5) is 0. The number of fused-ring (bicyclic) bond motifs is 1.